The first-order chi connectivity index (χ1) is 9.78. The molecule has 20 heavy (non-hydrogen) atoms. The van der Waals surface area contributed by atoms with E-state index in [1.165, 1.54) is 5.56 Å². The van der Waals surface area contributed by atoms with Crippen molar-refractivity contribution in [1.82, 2.24) is 10.2 Å². The first-order valence-corrected chi connectivity index (χ1v) is 7.44. The Balaban J connectivity index is 1.64. The van der Waals surface area contributed by atoms with Crippen molar-refractivity contribution in [3.05, 3.63) is 35.9 Å². The van der Waals surface area contributed by atoms with Crippen LogP contribution in [0.4, 0.5) is 0 Å². The molecule has 1 aromatic carbocycles. The minimum atomic E-state index is -0.367. The van der Waals surface area contributed by atoms with Gasteiger partial charge in [-0.05, 0) is 31.5 Å². The minimum absolute atomic E-state index is 0.367. The van der Waals surface area contributed by atoms with E-state index in [9.17, 15) is 5.11 Å². The smallest absolute Gasteiger partial charge is 0.0900 e. The summed E-state index contributed by atoms with van der Waals surface area (Å²) in [7, 11) is 1.63. The number of methoxy groups -OCH3 is 1. The Bertz CT molecular complexity index is 364. The van der Waals surface area contributed by atoms with Crippen LogP contribution in [-0.2, 0) is 11.3 Å². The zero-order valence-corrected chi connectivity index (χ0v) is 12.3. The predicted molar refractivity (Wildman–Crippen MR) is 80.6 cm³/mol. The second-order valence-corrected chi connectivity index (χ2v) is 5.55. The number of nitrogens with zero attached hydrogens (tertiary/aromatic N) is 1. The summed E-state index contributed by atoms with van der Waals surface area (Å²) in [5.41, 5.74) is 1.34. The predicted octanol–water partition coefficient (Wildman–Crippen LogP) is 1.25. The van der Waals surface area contributed by atoms with Gasteiger partial charge in [-0.1, -0.05) is 30.3 Å². The Hall–Kier alpha value is -0.940. The number of hydrogen-bond donors (Lipinski definition) is 2. The summed E-state index contributed by atoms with van der Waals surface area (Å²) >= 11 is 0. The third-order valence-electron chi connectivity index (χ3n) is 3.85. The highest BCUT2D eigenvalue weighted by atomic mass is 16.5. The summed E-state index contributed by atoms with van der Waals surface area (Å²) in [5, 5.41) is 13.4. The molecule has 0 bridgehead atoms. The molecule has 1 heterocycles. The molecule has 0 radical (unpaired) electrons. The number of ether oxygens (including phenoxy) is 1. The van der Waals surface area contributed by atoms with Gasteiger partial charge in [0.25, 0.3) is 0 Å². The molecule has 4 nitrogen and oxygen atoms in total. The fourth-order valence-corrected chi connectivity index (χ4v) is 2.72. The normalized spacial score (nSPS) is 19.1. The fourth-order valence-electron chi connectivity index (χ4n) is 2.72. The third kappa shape index (κ3) is 5.21. The monoisotopic (exact) mass is 278 g/mol. The van der Waals surface area contributed by atoms with Gasteiger partial charge in [-0.25, -0.2) is 0 Å². The van der Waals surface area contributed by atoms with Crippen molar-refractivity contribution in [3.8, 4) is 0 Å². The van der Waals surface area contributed by atoms with Crippen molar-refractivity contribution in [3.63, 3.8) is 0 Å². The number of piperidine rings is 1. The van der Waals surface area contributed by atoms with E-state index in [0.717, 1.165) is 39.0 Å². The van der Waals surface area contributed by atoms with Crippen LogP contribution in [-0.4, -0.2) is 55.5 Å². The van der Waals surface area contributed by atoms with Crippen molar-refractivity contribution in [2.24, 2.45) is 0 Å². The van der Waals surface area contributed by atoms with E-state index in [-0.39, 0.29) is 6.10 Å². The van der Waals surface area contributed by atoms with E-state index in [2.05, 4.69) is 34.5 Å². The lowest BCUT2D eigenvalue weighted by Crippen LogP contribution is -2.45. The van der Waals surface area contributed by atoms with Crippen molar-refractivity contribution >= 4 is 0 Å². The quantitative estimate of drug-likeness (QED) is 0.788. The second kappa shape index (κ2) is 8.37. The summed E-state index contributed by atoms with van der Waals surface area (Å²) in [4.78, 5) is 2.32. The van der Waals surface area contributed by atoms with Crippen molar-refractivity contribution in [2.75, 3.05) is 33.4 Å². The van der Waals surface area contributed by atoms with Crippen molar-refractivity contribution in [1.29, 1.82) is 0 Å². The van der Waals surface area contributed by atoms with E-state index < -0.39 is 0 Å². The molecule has 0 aliphatic carbocycles. The molecule has 2 rings (SSSR count). The topological polar surface area (TPSA) is 44.7 Å². The zero-order valence-electron chi connectivity index (χ0n) is 12.3. The number of β-amino-alcohol motifs (C(OH)–C–C–N with tert-alkyl or cyclic N) is 1. The Kier molecular flexibility index (Phi) is 6.47. The molecule has 0 aromatic heterocycles. The van der Waals surface area contributed by atoms with E-state index >= 15 is 0 Å². The Labute approximate surface area is 121 Å². The number of nitrogens with one attached hydrogen (secondary N) is 1. The summed E-state index contributed by atoms with van der Waals surface area (Å²) in [6, 6.07) is 11.1. The Morgan fingerprint density at radius 1 is 1.30 bits per heavy atom. The first-order valence-electron chi connectivity index (χ1n) is 7.44. The minimum Gasteiger partial charge on any atom is -0.389 e. The molecule has 0 saturated carbocycles. The van der Waals surface area contributed by atoms with Crippen LogP contribution in [0.15, 0.2) is 30.3 Å². The number of aliphatic hydroxyl groups is 1. The lowest BCUT2D eigenvalue weighted by Gasteiger charge is -2.33. The van der Waals surface area contributed by atoms with Gasteiger partial charge in [-0.3, -0.25) is 0 Å². The van der Waals surface area contributed by atoms with Crippen LogP contribution < -0.4 is 5.32 Å². The molecule has 1 saturated heterocycles. The molecule has 4 heteroatoms. The number of benzene rings is 1. The van der Waals surface area contributed by atoms with Gasteiger partial charge in [0.15, 0.2) is 0 Å². The van der Waals surface area contributed by atoms with Crippen LogP contribution in [0.5, 0.6) is 0 Å². The fraction of sp³-hybridized carbons (Fsp3) is 0.625. The molecule has 112 valence electrons. The maximum Gasteiger partial charge on any atom is 0.0900 e. The molecule has 1 aliphatic rings. The molecular weight excluding hydrogens is 252 g/mol. The van der Waals surface area contributed by atoms with E-state index in [1.54, 1.807) is 7.11 Å². The van der Waals surface area contributed by atoms with Gasteiger partial charge in [-0.2, -0.15) is 0 Å². The SMILES string of the molecule is COC[C@H](O)CN1CCC(NCc2ccccc2)CC1. The maximum absolute atomic E-state index is 9.74. The van der Waals surface area contributed by atoms with Gasteiger partial charge < -0.3 is 20.1 Å². The molecule has 2 N–H and O–H groups in total. The molecule has 1 aromatic rings. The Morgan fingerprint density at radius 3 is 2.65 bits per heavy atom. The highest BCUT2D eigenvalue weighted by molar-refractivity contribution is 5.14. The summed E-state index contributed by atoms with van der Waals surface area (Å²) in [6.07, 6.45) is 1.92. The van der Waals surface area contributed by atoms with Crippen LogP contribution in [0, 0.1) is 0 Å². The molecule has 1 fully saturated rings. The summed E-state index contributed by atoms with van der Waals surface area (Å²) in [6.45, 7) is 4.18. The number of rotatable bonds is 7. The average Bonchev–Trinajstić information content (AvgIpc) is 2.48. The maximum atomic E-state index is 9.74. The van der Waals surface area contributed by atoms with Gasteiger partial charge in [0.2, 0.25) is 0 Å². The van der Waals surface area contributed by atoms with Crippen molar-refractivity contribution in [2.45, 2.75) is 31.5 Å². The third-order valence-corrected chi connectivity index (χ3v) is 3.85. The molecule has 0 amide bonds. The van der Waals surface area contributed by atoms with Crippen LogP contribution in [0.25, 0.3) is 0 Å². The van der Waals surface area contributed by atoms with E-state index in [1.807, 2.05) is 6.07 Å². The van der Waals surface area contributed by atoms with Crippen LogP contribution in [0.3, 0.4) is 0 Å². The van der Waals surface area contributed by atoms with Gasteiger partial charge in [0.1, 0.15) is 0 Å². The second-order valence-electron chi connectivity index (χ2n) is 5.55. The highest BCUT2D eigenvalue weighted by Gasteiger charge is 2.20. The summed E-state index contributed by atoms with van der Waals surface area (Å²) < 4.78 is 4.96. The lowest BCUT2D eigenvalue weighted by molar-refractivity contribution is 0.0310. The molecule has 1 aliphatic heterocycles. The van der Waals surface area contributed by atoms with Gasteiger partial charge in [0.05, 0.1) is 12.7 Å². The van der Waals surface area contributed by atoms with Gasteiger partial charge >= 0.3 is 0 Å². The van der Waals surface area contributed by atoms with Crippen LogP contribution >= 0.6 is 0 Å². The van der Waals surface area contributed by atoms with Gasteiger partial charge in [0, 0.05) is 26.2 Å². The standard InChI is InChI=1S/C16H26N2O2/c1-20-13-16(19)12-18-9-7-15(8-10-18)17-11-14-5-3-2-4-6-14/h2-6,15-17,19H,7-13H2,1H3/t16-/m1/s1. The summed E-state index contributed by atoms with van der Waals surface area (Å²) in [5.74, 6) is 0. The largest absolute Gasteiger partial charge is 0.389 e. The van der Waals surface area contributed by atoms with Crippen LogP contribution in [0.1, 0.15) is 18.4 Å². The number of likely N-dealkylation sites (tertiary alicyclic amines) is 1. The van der Waals surface area contributed by atoms with Gasteiger partial charge in [-0.15, -0.1) is 0 Å². The van der Waals surface area contributed by atoms with Crippen molar-refractivity contribution < 1.29 is 9.84 Å². The van der Waals surface area contributed by atoms with Crippen LogP contribution in [0.2, 0.25) is 0 Å². The number of aliphatic hydroxyl groups excluding tert-OH is 1. The lowest BCUT2D eigenvalue weighted by atomic mass is 10.0. The van der Waals surface area contributed by atoms with E-state index in [4.69, 9.17) is 4.74 Å². The number of hydrogen-bond acceptors (Lipinski definition) is 4. The molecule has 0 unspecified atom stereocenters. The van der Waals surface area contributed by atoms with E-state index in [0.29, 0.717) is 12.6 Å². The molecule has 0 spiro atoms. The Morgan fingerprint density at radius 2 is 2.00 bits per heavy atom. The average molecular weight is 278 g/mol. The molecule has 1 atom stereocenters. The zero-order chi connectivity index (χ0) is 14.2. The molecular formula is C16H26N2O2. The first kappa shape index (κ1) is 15.4. The highest BCUT2D eigenvalue weighted by Crippen LogP contribution is 2.11.